The third-order valence-corrected chi connectivity index (χ3v) is 6.96. The van der Waals surface area contributed by atoms with Crippen LogP contribution in [0.4, 0.5) is 0 Å². The summed E-state index contributed by atoms with van der Waals surface area (Å²) in [7, 11) is 0. The van der Waals surface area contributed by atoms with Gasteiger partial charge in [0.15, 0.2) is 0 Å². The first-order valence-electron chi connectivity index (χ1n) is 9.16. The number of carbonyl (C=O) groups excluding carboxylic acids is 2. The molecule has 0 radical (unpaired) electrons. The number of ether oxygens (including phenoxy) is 3. The number of esters is 2. The average Bonchev–Trinajstić information content (AvgIpc) is 2.98. The molecule has 25 heavy (non-hydrogen) atoms. The summed E-state index contributed by atoms with van der Waals surface area (Å²) in [6.45, 7) is 11.8. The van der Waals surface area contributed by atoms with Gasteiger partial charge in [0.2, 0.25) is 0 Å². The minimum atomic E-state index is -0.336. The number of hydrogen-bond acceptors (Lipinski definition) is 5. The fourth-order valence-corrected chi connectivity index (χ4v) is 5.48. The van der Waals surface area contributed by atoms with Gasteiger partial charge in [-0.15, -0.1) is 0 Å². The molecule has 136 valence electrons. The van der Waals surface area contributed by atoms with Gasteiger partial charge in [-0.25, -0.2) is 9.59 Å². The lowest BCUT2D eigenvalue weighted by atomic mass is 9.78. The fourth-order valence-electron chi connectivity index (χ4n) is 5.48. The molecule has 0 unspecified atom stereocenters. The summed E-state index contributed by atoms with van der Waals surface area (Å²) in [4.78, 5) is 24.2. The zero-order valence-corrected chi connectivity index (χ0v) is 15.3. The van der Waals surface area contributed by atoms with Crippen LogP contribution in [0, 0.1) is 17.8 Å². The lowest BCUT2D eigenvalue weighted by Crippen LogP contribution is -2.37. The minimum absolute atomic E-state index is 0.00787. The van der Waals surface area contributed by atoms with Crippen molar-refractivity contribution in [2.24, 2.45) is 17.8 Å². The number of allylic oxidation sites excluding steroid dienone is 1. The summed E-state index contributed by atoms with van der Waals surface area (Å²) in [5.74, 6) is -0.150. The van der Waals surface area contributed by atoms with E-state index < -0.39 is 0 Å². The molecule has 0 aromatic heterocycles. The second-order valence-electron chi connectivity index (χ2n) is 8.36. The van der Waals surface area contributed by atoms with Crippen LogP contribution in [0.3, 0.4) is 0 Å². The van der Waals surface area contributed by atoms with Crippen LogP contribution < -0.4 is 0 Å². The predicted octanol–water partition coefficient (Wildman–Crippen LogP) is 2.94. The van der Waals surface area contributed by atoms with Crippen molar-refractivity contribution < 1.29 is 23.8 Å². The molecule has 5 nitrogen and oxygen atoms in total. The number of rotatable bonds is 2. The first kappa shape index (κ1) is 16.8. The molecule has 7 atom stereocenters. The molecule has 2 saturated heterocycles. The SMILES string of the molecule is C=C1C(=O)O[C@@H]2C[C@@H](C)[C@@H]3[C@@H](OC(=O)/C(C)=C\C)C[C@@]4(C)O[C@@]34C[C@H]12. The van der Waals surface area contributed by atoms with Gasteiger partial charge in [0.05, 0.1) is 5.60 Å². The third-order valence-electron chi connectivity index (χ3n) is 6.96. The molecule has 0 bridgehead atoms. The second-order valence-corrected chi connectivity index (χ2v) is 8.36. The van der Waals surface area contributed by atoms with Crippen molar-refractivity contribution in [1.29, 1.82) is 0 Å². The lowest BCUT2D eigenvalue weighted by Gasteiger charge is -2.30. The van der Waals surface area contributed by atoms with Crippen molar-refractivity contribution in [2.75, 3.05) is 0 Å². The highest BCUT2D eigenvalue weighted by molar-refractivity contribution is 5.91. The fraction of sp³-hybridized carbons (Fsp3) is 0.700. The maximum Gasteiger partial charge on any atom is 0.334 e. The van der Waals surface area contributed by atoms with Crippen molar-refractivity contribution in [3.05, 3.63) is 23.8 Å². The lowest BCUT2D eigenvalue weighted by molar-refractivity contribution is -0.150. The number of carbonyl (C=O) groups is 2. The van der Waals surface area contributed by atoms with E-state index in [0.717, 1.165) is 12.8 Å². The molecule has 5 heteroatoms. The molecule has 2 saturated carbocycles. The zero-order chi connectivity index (χ0) is 18.1. The van der Waals surface area contributed by atoms with E-state index in [9.17, 15) is 9.59 Å². The largest absolute Gasteiger partial charge is 0.458 e. The average molecular weight is 346 g/mol. The highest BCUT2D eigenvalue weighted by Crippen LogP contribution is 2.69. The van der Waals surface area contributed by atoms with Gasteiger partial charge < -0.3 is 14.2 Å². The predicted molar refractivity (Wildman–Crippen MR) is 90.5 cm³/mol. The van der Waals surface area contributed by atoms with E-state index in [1.165, 1.54) is 0 Å². The Hall–Kier alpha value is -1.62. The van der Waals surface area contributed by atoms with Crippen LogP contribution in [-0.4, -0.2) is 35.3 Å². The molecule has 0 N–H and O–H groups in total. The smallest absolute Gasteiger partial charge is 0.334 e. The van der Waals surface area contributed by atoms with Crippen molar-refractivity contribution in [3.8, 4) is 0 Å². The van der Waals surface area contributed by atoms with E-state index in [4.69, 9.17) is 14.2 Å². The Balaban J connectivity index is 1.63. The van der Waals surface area contributed by atoms with Gasteiger partial charge >= 0.3 is 11.9 Å². The number of epoxide rings is 1. The van der Waals surface area contributed by atoms with Gasteiger partial charge in [-0.05, 0) is 39.5 Å². The molecule has 0 aromatic carbocycles. The molecule has 2 aliphatic heterocycles. The van der Waals surface area contributed by atoms with Gasteiger partial charge in [0, 0.05) is 29.4 Å². The van der Waals surface area contributed by atoms with E-state index in [1.807, 2.05) is 6.92 Å². The summed E-state index contributed by atoms with van der Waals surface area (Å²) in [5.41, 5.74) is 0.565. The topological polar surface area (TPSA) is 65.1 Å². The maximum absolute atomic E-state index is 12.3. The Bertz CT molecular complexity index is 694. The first-order chi connectivity index (χ1) is 11.7. The molecular weight excluding hydrogens is 320 g/mol. The van der Waals surface area contributed by atoms with Crippen LogP contribution >= 0.6 is 0 Å². The van der Waals surface area contributed by atoms with E-state index in [1.54, 1.807) is 13.0 Å². The molecule has 0 amide bonds. The van der Waals surface area contributed by atoms with Gasteiger partial charge in [-0.2, -0.15) is 0 Å². The molecular formula is C20H26O5. The Labute approximate surface area is 148 Å². The highest BCUT2D eigenvalue weighted by atomic mass is 16.6. The monoisotopic (exact) mass is 346 g/mol. The van der Waals surface area contributed by atoms with Gasteiger partial charge in [0.25, 0.3) is 0 Å². The van der Waals surface area contributed by atoms with Gasteiger partial charge in [-0.3, -0.25) is 0 Å². The summed E-state index contributed by atoms with van der Waals surface area (Å²) >= 11 is 0. The molecule has 1 spiro atoms. The number of fused-ring (bicyclic) bond motifs is 1. The van der Waals surface area contributed by atoms with Crippen LogP contribution in [-0.2, 0) is 23.8 Å². The maximum atomic E-state index is 12.3. The standard InChI is InChI=1S/C20H26O5/c1-6-10(2)17(21)24-15-9-19(5)20(25-19)8-13-12(4)18(22)23-14(13)7-11(3)16(15)20/h6,11,13-16H,4,7-9H2,1-3,5H3/b10-6-/t11-,13-,14-,15+,16-,19-,20+/m1/s1. The van der Waals surface area contributed by atoms with Crippen LogP contribution in [0.15, 0.2) is 23.8 Å². The van der Waals surface area contributed by atoms with Gasteiger partial charge in [-0.1, -0.05) is 19.6 Å². The number of hydrogen-bond donors (Lipinski definition) is 0. The van der Waals surface area contributed by atoms with Crippen molar-refractivity contribution in [3.63, 3.8) is 0 Å². The van der Waals surface area contributed by atoms with Crippen LogP contribution in [0.5, 0.6) is 0 Å². The summed E-state index contributed by atoms with van der Waals surface area (Å²) in [5, 5.41) is 0. The quantitative estimate of drug-likeness (QED) is 0.437. The van der Waals surface area contributed by atoms with Crippen LogP contribution in [0.25, 0.3) is 0 Å². The van der Waals surface area contributed by atoms with Gasteiger partial charge in [0.1, 0.15) is 17.8 Å². The summed E-state index contributed by atoms with van der Waals surface area (Å²) in [6, 6.07) is 0. The van der Waals surface area contributed by atoms with Crippen molar-refractivity contribution in [1.82, 2.24) is 0 Å². The first-order valence-corrected chi connectivity index (χ1v) is 9.16. The van der Waals surface area contributed by atoms with E-state index in [2.05, 4.69) is 20.4 Å². The van der Waals surface area contributed by atoms with E-state index >= 15 is 0 Å². The second kappa shape index (κ2) is 5.19. The Morgan fingerprint density at radius 1 is 1.40 bits per heavy atom. The molecule has 4 aliphatic rings. The van der Waals surface area contributed by atoms with Crippen LogP contribution in [0.2, 0.25) is 0 Å². The molecule has 4 fully saturated rings. The Kier molecular flexibility index (Phi) is 3.50. The minimum Gasteiger partial charge on any atom is -0.458 e. The molecule has 0 aromatic rings. The summed E-state index contributed by atoms with van der Waals surface area (Å²) < 4.78 is 17.7. The Morgan fingerprint density at radius 2 is 2.12 bits per heavy atom. The Morgan fingerprint density at radius 3 is 2.80 bits per heavy atom. The molecule has 4 rings (SSSR count). The van der Waals surface area contributed by atoms with Crippen LogP contribution in [0.1, 0.15) is 47.0 Å². The van der Waals surface area contributed by atoms with Crippen molar-refractivity contribution in [2.45, 2.75) is 70.4 Å². The molecule has 2 heterocycles. The highest BCUT2D eigenvalue weighted by Gasteiger charge is 2.79. The zero-order valence-electron chi connectivity index (χ0n) is 15.3. The van der Waals surface area contributed by atoms with E-state index in [-0.39, 0.29) is 53.1 Å². The van der Waals surface area contributed by atoms with E-state index in [0.29, 0.717) is 17.6 Å². The van der Waals surface area contributed by atoms with Crippen molar-refractivity contribution >= 4 is 11.9 Å². The summed E-state index contributed by atoms with van der Waals surface area (Å²) in [6.07, 6.45) is 3.69. The molecule has 2 aliphatic carbocycles. The third kappa shape index (κ3) is 2.17. The normalized spacial score (nSPS) is 48.2.